The lowest BCUT2D eigenvalue weighted by atomic mass is 10.2. The van der Waals surface area contributed by atoms with Gasteiger partial charge >= 0.3 is 15.6 Å². The van der Waals surface area contributed by atoms with Gasteiger partial charge in [0.2, 0.25) is 5.13 Å². The van der Waals surface area contributed by atoms with Crippen LogP contribution in [0.5, 0.6) is 5.75 Å². The van der Waals surface area contributed by atoms with Crippen molar-refractivity contribution in [1.82, 2.24) is 4.98 Å². The molecular weight excluding hydrogens is 391 g/mol. The number of hydrogen-bond acceptors (Lipinski definition) is 7. The molecule has 0 unspecified atom stereocenters. The molecule has 6 nitrogen and oxygen atoms in total. The minimum absolute atomic E-state index is 0.308. The number of nitrogens with one attached hydrogen (secondary N) is 1. The first-order valence-electron chi connectivity index (χ1n) is 6.10. The summed E-state index contributed by atoms with van der Waals surface area (Å²) in [4.78, 5) is 4.11. The van der Waals surface area contributed by atoms with Gasteiger partial charge in [-0.3, -0.25) is 5.43 Å². The van der Waals surface area contributed by atoms with Gasteiger partial charge in [-0.05, 0) is 30.7 Å². The molecule has 1 heterocycles. The van der Waals surface area contributed by atoms with Crippen LogP contribution in [0.25, 0.3) is 0 Å². The Morgan fingerprint density at radius 2 is 2.12 bits per heavy atom. The number of anilines is 1. The van der Waals surface area contributed by atoms with Crippen molar-refractivity contribution in [3.8, 4) is 5.75 Å². The number of aryl methyl sites for hydroxylation is 1. The fourth-order valence-electron chi connectivity index (χ4n) is 1.40. The molecule has 0 saturated carbocycles. The van der Waals surface area contributed by atoms with Crippen LogP contribution in [-0.2, 0) is 10.1 Å². The van der Waals surface area contributed by atoms with Crippen LogP contribution in [0.4, 0.5) is 18.3 Å². The van der Waals surface area contributed by atoms with Crippen molar-refractivity contribution in [1.29, 1.82) is 0 Å². The summed E-state index contributed by atoms with van der Waals surface area (Å²) in [5, 5.41) is 5.96. The average molecular weight is 400 g/mol. The summed E-state index contributed by atoms with van der Waals surface area (Å²) in [6, 6.07) is 3.51. The molecular formula is C12H9ClF3N3O3S2. The Morgan fingerprint density at radius 1 is 1.42 bits per heavy atom. The predicted molar refractivity (Wildman–Crippen MR) is 85.1 cm³/mol. The maximum Gasteiger partial charge on any atom is 0.534 e. The number of hydrogen-bond donors (Lipinski definition) is 1. The summed E-state index contributed by atoms with van der Waals surface area (Å²) in [7, 11) is -5.77. The Balaban J connectivity index is 2.09. The Hall–Kier alpha value is -1.85. The van der Waals surface area contributed by atoms with Crippen LogP contribution >= 0.6 is 22.9 Å². The smallest absolute Gasteiger partial charge is 0.374 e. The van der Waals surface area contributed by atoms with E-state index in [2.05, 4.69) is 19.7 Å². The van der Waals surface area contributed by atoms with E-state index < -0.39 is 21.4 Å². The Morgan fingerprint density at radius 3 is 2.67 bits per heavy atom. The molecule has 130 valence electrons. The number of benzene rings is 1. The predicted octanol–water partition coefficient (Wildman–Crippen LogP) is 3.78. The highest BCUT2D eigenvalue weighted by molar-refractivity contribution is 7.88. The molecule has 0 spiro atoms. The molecule has 0 fully saturated rings. The van der Waals surface area contributed by atoms with E-state index in [1.807, 2.05) is 12.3 Å². The quantitative estimate of drug-likeness (QED) is 0.358. The molecule has 2 rings (SSSR count). The summed E-state index contributed by atoms with van der Waals surface area (Å²) >= 11 is 7.08. The molecule has 0 aliphatic carbocycles. The second-order valence-electron chi connectivity index (χ2n) is 4.34. The van der Waals surface area contributed by atoms with E-state index >= 15 is 0 Å². The standard InChI is InChI=1S/C12H9ClF3N3O3S2/c1-7-6-23-11(18-7)19-17-5-8-2-3-10(9(13)4-8)22-24(20,21)12(14,15)16/h2-6H,1H3,(H,18,19). The van der Waals surface area contributed by atoms with E-state index in [0.29, 0.717) is 10.7 Å². The third-order valence-electron chi connectivity index (χ3n) is 2.43. The molecule has 0 bridgehead atoms. The number of alkyl halides is 3. The van der Waals surface area contributed by atoms with Crippen molar-refractivity contribution in [3.05, 3.63) is 39.9 Å². The highest BCUT2D eigenvalue weighted by Crippen LogP contribution is 2.31. The first-order valence-corrected chi connectivity index (χ1v) is 8.76. The fourth-order valence-corrected chi connectivity index (χ4v) is 2.78. The monoisotopic (exact) mass is 399 g/mol. The van der Waals surface area contributed by atoms with Crippen LogP contribution in [0.15, 0.2) is 28.7 Å². The van der Waals surface area contributed by atoms with Gasteiger partial charge in [0.1, 0.15) is 0 Å². The first kappa shape index (κ1) is 18.5. The molecule has 2 aromatic rings. The van der Waals surface area contributed by atoms with E-state index in [1.54, 1.807) is 0 Å². The maximum atomic E-state index is 12.3. The van der Waals surface area contributed by atoms with Gasteiger partial charge in [0.25, 0.3) is 0 Å². The van der Waals surface area contributed by atoms with Gasteiger partial charge in [0.15, 0.2) is 5.75 Å². The van der Waals surface area contributed by atoms with Crippen LogP contribution < -0.4 is 9.61 Å². The lowest BCUT2D eigenvalue weighted by Crippen LogP contribution is -2.28. The largest absolute Gasteiger partial charge is 0.534 e. The van der Waals surface area contributed by atoms with Gasteiger partial charge in [-0.2, -0.15) is 26.7 Å². The van der Waals surface area contributed by atoms with Crippen LogP contribution in [0.1, 0.15) is 11.3 Å². The number of nitrogens with zero attached hydrogens (tertiary/aromatic N) is 2. The van der Waals surface area contributed by atoms with Crippen molar-refractivity contribution in [2.45, 2.75) is 12.4 Å². The molecule has 24 heavy (non-hydrogen) atoms. The van der Waals surface area contributed by atoms with Crippen LogP contribution in [0.2, 0.25) is 5.02 Å². The van der Waals surface area contributed by atoms with Gasteiger partial charge in [-0.25, -0.2) is 4.98 Å². The number of thiazole rings is 1. The minimum atomic E-state index is -5.77. The fraction of sp³-hybridized carbons (Fsp3) is 0.167. The van der Waals surface area contributed by atoms with Crippen LogP contribution in [0, 0.1) is 6.92 Å². The van der Waals surface area contributed by atoms with Crippen molar-refractivity contribution in [2.75, 3.05) is 5.43 Å². The Labute approximate surface area is 144 Å². The van der Waals surface area contributed by atoms with Crippen molar-refractivity contribution >= 4 is 44.4 Å². The van der Waals surface area contributed by atoms with Crippen molar-refractivity contribution < 1.29 is 25.8 Å². The average Bonchev–Trinajstić information content (AvgIpc) is 2.86. The molecule has 1 aromatic carbocycles. The third kappa shape index (κ3) is 4.58. The van der Waals surface area contributed by atoms with Crippen LogP contribution in [0.3, 0.4) is 0 Å². The minimum Gasteiger partial charge on any atom is -0.374 e. The highest BCUT2D eigenvalue weighted by atomic mass is 35.5. The first-order chi connectivity index (χ1) is 11.1. The topological polar surface area (TPSA) is 80.7 Å². The van der Waals surface area contributed by atoms with E-state index in [9.17, 15) is 21.6 Å². The molecule has 0 atom stereocenters. The maximum absolute atomic E-state index is 12.3. The highest BCUT2D eigenvalue weighted by Gasteiger charge is 2.48. The molecule has 0 saturated heterocycles. The summed E-state index contributed by atoms with van der Waals surface area (Å²) < 4.78 is 62.7. The number of aromatic nitrogens is 1. The van der Waals surface area contributed by atoms with Gasteiger partial charge in [-0.1, -0.05) is 11.6 Å². The molecule has 0 radical (unpaired) electrons. The second kappa shape index (κ2) is 6.95. The zero-order valence-electron chi connectivity index (χ0n) is 11.8. The lowest BCUT2D eigenvalue weighted by molar-refractivity contribution is -0.0500. The van der Waals surface area contributed by atoms with Gasteiger partial charge in [-0.15, -0.1) is 11.3 Å². The van der Waals surface area contributed by atoms with E-state index in [4.69, 9.17) is 11.6 Å². The Kier molecular flexibility index (Phi) is 5.35. The lowest BCUT2D eigenvalue weighted by Gasteiger charge is -2.10. The Bertz CT molecular complexity index is 866. The second-order valence-corrected chi connectivity index (χ2v) is 7.14. The summed E-state index contributed by atoms with van der Waals surface area (Å²) in [6.07, 6.45) is 1.34. The molecule has 0 aliphatic heterocycles. The van der Waals surface area contributed by atoms with Crippen LogP contribution in [-0.4, -0.2) is 25.1 Å². The summed E-state index contributed by atoms with van der Waals surface area (Å²) in [5.74, 6) is -0.630. The van der Waals surface area contributed by atoms with Crippen molar-refractivity contribution in [3.63, 3.8) is 0 Å². The molecule has 0 amide bonds. The zero-order chi connectivity index (χ0) is 18.0. The third-order valence-corrected chi connectivity index (χ3v) is 4.56. The van der Waals surface area contributed by atoms with Gasteiger partial charge < -0.3 is 4.18 Å². The summed E-state index contributed by atoms with van der Waals surface area (Å²) in [6.45, 7) is 1.82. The van der Waals surface area contributed by atoms with Gasteiger partial charge in [0, 0.05) is 5.38 Å². The SMILES string of the molecule is Cc1csc(NN=Cc2ccc(OS(=O)(=O)C(F)(F)F)c(Cl)c2)n1. The molecule has 1 N–H and O–H groups in total. The van der Waals surface area contributed by atoms with Gasteiger partial charge in [0.05, 0.1) is 16.9 Å². The van der Waals surface area contributed by atoms with E-state index in [-0.39, 0.29) is 5.02 Å². The molecule has 12 heteroatoms. The summed E-state index contributed by atoms with van der Waals surface area (Å²) in [5.41, 5.74) is -1.63. The number of halogens is 4. The number of hydrazone groups is 1. The van der Waals surface area contributed by atoms with Crippen molar-refractivity contribution in [2.24, 2.45) is 5.10 Å². The number of rotatable bonds is 5. The normalized spacial score (nSPS) is 12.5. The van der Waals surface area contributed by atoms with E-state index in [0.717, 1.165) is 11.8 Å². The molecule has 0 aliphatic rings. The molecule has 1 aromatic heterocycles. The van der Waals surface area contributed by atoms with E-state index in [1.165, 1.54) is 29.7 Å². The zero-order valence-corrected chi connectivity index (χ0v) is 14.2.